The largest absolute Gasteiger partial charge is 0.508 e. The Morgan fingerprint density at radius 2 is 1.71 bits per heavy atom. The van der Waals surface area contributed by atoms with E-state index < -0.39 is 0 Å². The summed E-state index contributed by atoms with van der Waals surface area (Å²) >= 11 is 4.90. The van der Waals surface area contributed by atoms with Gasteiger partial charge in [0.05, 0.1) is 0 Å². The molecular formula is C16H16N2O2S. The van der Waals surface area contributed by atoms with Crippen molar-refractivity contribution < 1.29 is 9.90 Å². The van der Waals surface area contributed by atoms with Gasteiger partial charge in [0, 0.05) is 23.9 Å². The Kier molecular flexibility index (Phi) is 4.23. The second kappa shape index (κ2) is 5.93. The number of nitrogens with zero attached hydrogens (tertiary/aromatic N) is 1. The van der Waals surface area contributed by atoms with Crippen molar-refractivity contribution in [3.05, 3.63) is 59.2 Å². The summed E-state index contributed by atoms with van der Waals surface area (Å²) in [5.41, 5.74) is 8.18. The summed E-state index contributed by atoms with van der Waals surface area (Å²) in [4.78, 5) is 14.2. The molecule has 2 rings (SSSR count). The van der Waals surface area contributed by atoms with Crippen LogP contribution in [0.15, 0.2) is 42.5 Å². The first kappa shape index (κ1) is 15.0. The van der Waals surface area contributed by atoms with Gasteiger partial charge in [0.1, 0.15) is 10.7 Å². The molecule has 0 spiro atoms. The number of anilines is 1. The zero-order chi connectivity index (χ0) is 15.6. The Labute approximate surface area is 128 Å². The first-order valence-electron chi connectivity index (χ1n) is 6.37. The van der Waals surface area contributed by atoms with Gasteiger partial charge >= 0.3 is 0 Å². The average Bonchev–Trinajstić information content (AvgIpc) is 2.48. The maximum Gasteiger partial charge on any atom is 0.258 e. The van der Waals surface area contributed by atoms with E-state index in [0.717, 1.165) is 16.8 Å². The number of amides is 1. The third kappa shape index (κ3) is 3.20. The average molecular weight is 300 g/mol. The fourth-order valence-corrected chi connectivity index (χ4v) is 2.04. The molecule has 0 aliphatic rings. The van der Waals surface area contributed by atoms with Crippen molar-refractivity contribution in [2.24, 2.45) is 5.73 Å². The molecule has 0 fully saturated rings. The molecule has 108 valence electrons. The highest BCUT2D eigenvalue weighted by molar-refractivity contribution is 7.80. The molecule has 3 N–H and O–H groups in total. The first-order chi connectivity index (χ1) is 9.90. The van der Waals surface area contributed by atoms with Crippen molar-refractivity contribution in [2.75, 3.05) is 11.9 Å². The molecule has 0 saturated carbocycles. The fourth-order valence-electron chi connectivity index (χ4n) is 1.90. The zero-order valence-electron chi connectivity index (χ0n) is 11.8. The number of phenolic OH excluding ortho intramolecular Hbond substituents is 1. The predicted molar refractivity (Wildman–Crippen MR) is 87.9 cm³/mol. The van der Waals surface area contributed by atoms with Crippen LogP contribution in [0, 0.1) is 6.92 Å². The Morgan fingerprint density at radius 3 is 2.24 bits per heavy atom. The first-order valence-corrected chi connectivity index (χ1v) is 6.78. The van der Waals surface area contributed by atoms with Gasteiger partial charge in [-0.15, -0.1) is 0 Å². The Balaban J connectivity index is 2.25. The van der Waals surface area contributed by atoms with Crippen LogP contribution in [0.2, 0.25) is 0 Å². The SMILES string of the molecule is Cc1ccc(C(=O)N(C)c2ccc(C(N)=S)cc2)cc1O. The Bertz CT molecular complexity index is 696. The number of carbonyl (C=O) groups is 1. The van der Waals surface area contributed by atoms with Crippen molar-refractivity contribution >= 4 is 28.8 Å². The third-order valence-electron chi connectivity index (χ3n) is 3.30. The third-order valence-corrected chi connectivity index (χ3v) is 3.54. The summed E-state index contributed by atoms with van der Waals surface area (Å²) < 4.78 is 0. The number of thiocarbonyl (C=S) groups is 1. The molecule has 2 aromatic carbocycles. The van der Waals surface area contributed by atoms with E-state index >= 15 is 0 Å². The van der Waals surface area contributed by atoms with E-state index in [-0.39, 0.29) is 11.7 Å². The standard InChI is InChI=1S/C16H16N2O2S/c1-10-3-4-12(9-14(10)19)16(20)18(2)13-7-5-11(6-8-13)15(17)21/h3-9,19H,1-2H3,(H2,17,21). The maximum absolute atomic E-state index is 12.4. The smallest absolute Gasteiger partial charge is 0.258 e. The summed E-state index contributed by atoms with van der Waals surface area (Å²) in [7, 11) is 1.68. The van der Waals surface area contributed by atoms with E-state index in [0.29, 0.717) is 10.6 Å². The lowest BCUT2D eigenvalue weighted by atomic mass is 10.1. The lowest BCUT2D eigenvalue weighted by molar-refractivity contribution is 0.0992. The van der Waals surface area contributed by atoms with Gasteiger partial charge in [-0.05, 0) is 48.9 Å². The number of hydrogen-bond donors (Lipinski definition) is 2. The van der Waals surface area contributed by atoms with Crippen molar-refractivity contribution in [3.8, 4) is 5.75 Å². The molecule has 0 bridgehead atoms. The van der Waals surface area contributed by atoms with Crippen LogP contribution in [-0.4, -0.2) is 23.0 Å². The van der Waals surface area contributed by atoms with E-state index in [1.54, 1.807) is 50.4 Å². The monoisotopic (exact) mass is 300 g/mol. The van der Waals surface area contributed by atoms with Gasteiger partial charge in [-0.25, -0.2) is 0 Å². The van der Waals surface area contributed by atoms with E-state index in [1.165, 1.54) is 11.0 Å². The molecule has 5 heteroatoms. The Morgan fingerprint density at radius 1 is 1.14 bits per heavy atom. The topological polar surface area (TPSA) is 66.6 Å². The Hall–Kier alpha value is -2.40. The normalized spacial score (nSPS) is 10.2. The van der Waals surface area contributed by atoms with Crippen LogP contribution in [0.5, 0.6) is 5.75 Å². The van der Waals surface area contributed by atoms with E-state index in [4.69, 9.17) is 18.0 Å². The molecule has 1 amide bonds. The van der Waals surface area contributed by atoms with Gasteiger partial charge in [0.15, 0.2) is 0 Å². The molecule has 4 nitrogen and oxygen atoms in total. The summed E-state index contributed by atoms with van der Waals surface area (Å²) in [5, 5.41) is 9.70. The molecule has 0 aliphatic heterocycles. The van der Waals surface area contributed by atoms with Crippen LogP contribution in [-0.2, 0) is 0 Å². The van der Waals surface area contributed by atoms with Gasteiger partial charge in [-0.1, -0.05) is 18.3 Å². The minimum absolute atomic E-state index is 0.109. The second-order valence-corrected chi connectivity index (χ2v) is 5.22. The quantitative estimate of drug-likeness (QED) is 0.855. The number of benzene rings is 2. The molecular weight excluding hydrogens is 284 g/mol. The molecule has 0 saturated heterocycles. The minimum Gasteiger partial charge on any atom is -0.508 e. The lowest BCUT2D eigenvalue weighted by Crippen LogP contribution is -2.26. The number of nitrogens with two attached hydrogens (primary N) is 1. The number of phenols is 1. The van der Waals surface area contributed by atoms with Gasteiger partial charge in [-0.2, -0.15) is 0 Å². The molecule has 0 unspecified atom stereocenters. The highest BCUT2D eigenvalue weighted by atomic mass is 32.1. The van der Waals surface area contributed by atoms with Crippen molar-refractivity contribution in [1.82, 2.24) is 0 Å². The van der Waals surface area contributed by atoms with Crippen molar-refractivity contribution in [1.29, 1.82) is 0 Å². The maximum atomic E-state index is 12.4. The van der Waals surface area contributed by atoms with Crippen LogP contribution in [0.3, 0.4) is 0 Å². The van der Waals surface area contributed by atoms with Gasteiger partial charge in [0.25, 0.3) is 5.91 Å². The molecule has 0 aromatic heterocycles. The van der Waals surface area contributed by atoms with Crippen LogP contribution in [0.1, 0.15) is 21.5 Å². The van der Waals surface area contributed by atoms with Crippen molar-refractivity contribution in [3.63, 3.8) is 0 Å². The number of carbonyl (C=O) groups excluding carboxylic acids is 1. The fraction of sp³-hybridized carbons (Fsp3) is 0.125. The second-order valence-electron chi connectivity index (χ2n) is 4.78. The van der Waals surface area contributed by atoms with Gasteiger partial charge in [0.2, 0.25) is 0 Å². The highest BCUT2D eigenvalue weighted by Crippen LogP contribution is 2.21. The van der Waals surface area contributed by atoms with E-state index in [2.05, 4.69) is 0 Å². The van der Waals surface area contributed by atoms with Crippen LogP contribution in [0.4, 0.5) is 5.69 Å². The molecule has 0 heterocycles. The number of rotatable bonds is 3. The van der Waals surface area contributed by atoms with E-state index in [1.807, 2.05) is 0 Å². The number of hydrogen-bond acceptors (Lipinski definition) is 3. The summed E-state index contributed by atoms with van der Waals surface area (Å²) in [6.07, 6.45) is 0. The number of aromatic hydroxyl groups is 1. The molecule has 0 aliphatic carbocycles. The number of aryl methyl sites for hydroxylation is 1. The summed E-state index contributed by atoms with van der Waals surface area (Å²) in [6, 6.07) is 12.0. The molecule has 2 aromatic rings. The predicted octanol–water partition coefficient (Wildman–Crippen LogP) is 2.61. The van der Waals surface area contributed by atoms with Crippen LogP contribution in [0.25, 0.3) is 0 Å². The molecule has 0 radical (unpaired) electrons. The van der Waals surface area contributed by atoms with Crippen LogP contribution >= 0.6 is 12.2 Å². The van der Waals surface area contributed by atoms with Gasteiger partial charge in [-0.3, -0.25) is 4.79 Å². The van der Waals surface area contributed by atoms with Gasteiger partial charge < -0.3 is 15.7 Å². The summed E-state index contributed by atoms with van der Waals surface area (Å²) in [6.45, 7) is 1.78. The molecule has 21 heavy (non-hydrogen) atoms. The van der Waals surface area contributed by atoms with Crippen LogP contribution < -0.4 is 10.6 Å². The van der Waals surface area contributed by atoms with E-state index in [9.17, 15) is 9.90 Å². The zero-order valence-corrected chi connectivity index (χ0v) is 12.6. The highest BCUT2D eigenvalue weighted by Gasteiger charge is 2.14. The summed E-state index contributed by atoms with van der Waals surface area (Å²) in [5.74, 6) is -0.0912. The molecule has 0 atom stereocenters. The minimum atomic E-state index is -0.201. The van der Waals surface area contributed by atoms with Crippen molar-refractivity contribution in [2.45, 2.75) is 6.92 Å². The lowest BCUT2D eigenvalue weighted by Gasteiger charge is -2.18.